The number of amides is 1. The molecule has 0 spiro atoms. The van der Waals surface area contributed by atoms with Gasteiger partial charge >= 0.3 is 0 Å². The molecule has 1 aliphatic rings. The highest BCUT2D eigenvalue weighted by atomic mass is 19.1. The molecule has 1 aliphatic heterocycles. The fourth-order valence-electron chi connectivity index (χ4n) is 4.62. The summed E-state index contributed by atoms with van der Waals surface area (Å²) in [5.74, 6) is -1.41. The van der Waals surface area contributed by atoms with E-state index in [4.69, 9.17) is 20.2 Å². The minimum atomic E-state index is -1.24. The monoisotopic (exact) mass is 508 g/mol. The summed E-state index contributed by atoms with van der Waals surface area (Å²) in [6.45, 7) is 0.389. The summed E-state index contributed by atoms with van der Waals surface area (Å²) in [4.78, 5) is 21.3. The van der Waals surface area contributed by atoms with Gasteiger partial charge in [-0.25, -0.2) is 18.7 Å². The van der Waals surface area contributed by atoms with Crippen LogP contribution in [0.1, 0.15) is 39.6 Å². The number of anilines is 1. The van der Waals surface area contributed by atoms with E-state index < -0.39 is 29.9 Å². The van der Waals surface area contributed by atoms with Gasteiger partial charge in [-0.05, 0) is 42.3 Å². The number of aryl methyl sites for hydroxylation is 1. The van der Waals surface area contributed by atoms with Gasteiger partial charge in [0.05, 0.1) is 42.6 Å². The molecule has 1 fully saturated rings. The highest BCUT2D eigenvalue weighted by Gasteiger charge is 2.29. The van der Waals surface area contributed by atoms with E-state index in [1.54, 1.807) is 48.3 Å². The van der Waals surface area contributed by atoms with E-state index in [0.29, 0.717) is 35.2 Å². The molecule has 3 heterocycles. The minimum Gasteiger partial charge on any atom is -0.494 e. The Balaban J connectivity index is 1.72. The molecule has 5 rings (SSSR count). The number of methoxy groups -OCH3 is 1. The van der Waals surface area contributed by atoms with Crippen LogP contribution in [0.3, 0.4) is 0 Å². The third-order valence-corrected chi connectivity index (χ3v) is 6.55. The Morgan fingerprint density at radius 2 is 2.08 bits per heavy atom. The van der Waals surface area contributed by atoms with Gasteiger partial charge in [-0.2, -0.15) is 5.10 Å². The van der Waals surface area contributed by atoms with Crippen molar-refractivity contribution in [2.45, 2.75) is 24.6 Å². The summed E-state index contributed by atoms with van der Waals surface area (Å²) >= 11 is 0. The van der Waals surface area contributed by atoms with E-state index >= 15 is 0 Å². The average Bonchev–Trinajstić information content (AvgIpc) is 3.30. The number of nitrogens with two attached hydrogens (primary N) is 1. The third kappa shape index (κ3) is 4.82. The van der Waals surface area contributed by atoms with E-state index in [9.17, 15) is 13.6 Å². The molecule has 1 saturated heterocycles. The summed E-state index contributed by atoms with van der Waals surface area (Å²) in [5.41, 5.74) is 8.08. The first kappa shape index (κ1) is 24.6. The van der Waals surface area contributed by atoms with Crippen molar-refractivity contribution in [1.82, 2.24) is 19.7 Å². The number of benzene rings is 2. The number of ether oxygens (including phenoxy) is 2. The first-order valence-electron chi connectivity index (χ1n) is 11.8. The zero-order valence-electron chi connectivity index (χ0n) is 20.3. The van der Waals surface area contributed by atoms with E-state index in [1.807, 2.05) is 6.07 Å². The number of aromatic nitrogens is 4. The molecule has 192 valence electrons. The van der Waals surface area contributed by atoms with Gasteiger partial charge in [-0.3, -0.25) is 9.48 Å². The van der Waals surface area contributed by atoms with Gasteiger partial charge in [-0.1, -0.05) is 12.1 Å². The number of alkyl halides is 1. The number of hydrogen-bond acceptors (Lipinski definition) is 7. The second kappa shape index (κ2) is 10.1. The number of nitrogens with one attached hydrogen (secondary N) is 1. The maximum absolute atomic E-state index is 14.9. The van der Waals surface area contributed by atoms with Crippen LogP contribution in [0.25, 0.3) is 10.9 Å². The van der Waals surface area contributed by atoms with Crippen LogP contribution < -0.4 is 15.8 Å². The zero-order chi connectivity index (χ0) is 26.1. The second-order valence-corrected chi connectivity index (χ2v) is 8.87. The van der Waals surface area contributed by atoms with Gasteiger partial charge < -0.3 is 20.5 Å². The maximum Gasteiger partial charge on any atom is 0.248 e. The molecule has 0 saturated carbocycles. The average molecular weight is 509 g/mol. The quantitative estimate of drug-likeness (QED) is 0.393. The normalized spacial score (nSPS) is 18.5. The van der Waals surface area contributed by atoms with E-state index in [2.05, 4.69) is 15.4 Å². The van der Waals surface area contributed by atoms with Crippen molar-refractivity contribution in [2.75, 3.05) is 25.6 Å². The second-order valence-electron chi connectivity index (χ2n) is 8.87. The molecule has 11 heteroatoms. The number of rotatable bonds is 7. The molecule has 0 bridgehead atoms. The standard InChI is InChI=1S/C26H26F2N6O3/c1-34-21(7-9-30-34)23(14-4-6-22(36-2)17(27)11-14)24-16-5-3-15(25(29)35)12-20(16)32-26(33-24)31-19-8-10-37-13-18(19)28/h3-7,9,11-12,18-19,23H,8,10,13H2,1-2H3,(H2,29,35)(H,31,32,33)/t18-,19-,23-/m0/s1. The van der Waals surface area contributed by atoms with Crippen LogP contribution in [0.4, 0.5) is 14.7 Å². The molecule has 0 unspecified atom stereocenters. The summed E-state index contributed by atoms with van der Waals surface area (Å²) < 4.78 is 41.4. The molecular formula is C26H26F2N6O3. The molecule has 3 N–H and O–H groups in total. The van der Waals surface area contributed by atoms with Crippen LogP contribution in [0.2, 0.25) is 0 Å². The van der Waals surface area contributed by atoms with Crippen LogP contribution in [0.5, 0.6) is 5.75 Å². The van der Waals surface area contributed by atoms with Gasteiger partial charge in [-0.15, -0.1) is 0 Å². The number of carbonyl (C=O) groups excluding carboxylic acids is 1. The van der Waals surface area contributed by atoms with Crippen molar-refractivity contribution in [2.24, 2.45) is 12.8 Å². The predicted octanol–water partition coefficient (Wildman–Crippen LogP) is 3.33. The van der Waals surface area contributed by atoms with Crippen molar-refractivity contribution in [3.05, 3.63) is 77.0 Å². The lowest BCUT2D eigenvalue weighted by Gasteiger charge is -2.27. The summed E-state index contributed by atoms with van der Waals surface area (Å²) in [6, 6.07) is 10.9. The Bertz CT molecular complexity index is 1460. The lowest BCUT2D eigenvalue weighted by molar-refractivity contribution is 0.0284. The number of halogens is 2. The lowest BCUT2D eigenvalue weighted by atomic mass is 9.89. The van der Waals surface area contributed by atoms with Gasteiger partial charge in [0, 0.05) is 30.8 Å². The minimum absolute atomic E-state index is 0.0211. The van der Waals surface area contributed by atoms with Gasteiger partial charge in [0.2, 0.25) is 11.9 Å². The van der Waals surface area contributed by atoms with Gasteiger partial charge in [0.25, 0.3) is 0 Å². The number of hydrogen-bond donors (Lipinski definition) is 2. The topological polar surface area (TPSA) is 117 Å². The maximum atomic E-state index is 14.9. The zero-order valence-corrected chi connectivity index (χ0v) is 20.3. The Labute approximate surface area is 211 Å². The number of primary amides is 1. The summed E-state index contributed by atoms with van der Waals surface area (Å²) in [5, 5.41) is 8.03. The van der Waals surface area contributed by atoms with Crippen LogP contribution in [0, 0.1) is 5.82 Å². The van der Waals surface area contributed by atoms with Crippen LogP contribution in [-0.4, -0.2) is 58.2 Å². The van der Waals surface area contributed by atoms with Gasteiger partial charge in [0.1, 0.15) is 6.17 Å². The molecule has 37 heavy (non-hydrogen) atoms. The molecule has 4 aromatic rings. The fraction of sp³-hybridized carbons (Fsp3) is 0.308. The molecule has 2 aromatic heterocycles. The third-order valence-electron chi connectivity index (χ3n) is 6.55. The van der Waals surface area contributed by atoms with E-state index in [0.717, 1.165) is 5.69 Å². The SMILES string of the molecule is COc1ccc([C@H](c2nc(N[C@H]3CCOC[C@@H]3F)nc3cc(C(N)=O)ccc23)c2ccnn2C)cc1F. The van der Waals surface area contributed by atoms with Crippen LogP contribution in [-0.2, 0) is 11.8 Å². The number of nitrogens with zero attached hydrogens (tertiary/aromatic N) is 4. The van der Waals surface area contributed by atoms with E-state index in [-0.39, 0.29) is 23.9 Å². The smallest absolute Gasteiger partial charge is 0.248 e. The highest BCUT2D eigenvalue weighted by molar-refractivity contribution is 5.97. The van der Waals surface area contributed by atoms with Crippen LogP contribution >= 0.6 is 0 Å². The molecule has 2 aromatic carbocycles. The molecule has 9 nitrogen and oxygen atoms in total. The van der Waals surface area contributed by atoms with E-state index in [1.165, 1.54) is 13.2 Å². The summed E-state index contributed by atoms with van der Waals surface area (Å²) in [6.07, 6.45) is 0.844. The fourth-order valence-corrected chi connectivity index (χ4v) is 4.62. The first-order valence-corrected chi connectivity index (χ1v) is 11.8. The molecule has 0 radical (unpaired) electrons. The Kier molecular flexibility index (Phi) is 6.70. The lowest BCUT2D eigenvalue weighted by Crippen LogP contribution is -2.39. The van der Waals surface area contributed by atoms with Gasteiger partial charge in [0.15, 0.2) is 11.6 Å². The summed E-state index contributed by atoms with van der Waals surface area (Å²) in [7, 11) is 3.18. The van der Waals surface area contributed by atoms with Crippen molar-refractivity contribution >= 4 is 22.8 Å². The largest absolute Gasteiger partial charge is 0.494 e. The number of fused-ring (bicyclic) bond motifs is 1. The molecular weight excluding hydrogens is 482 g/mol. The molecule has 0 aliphatic carbocycles. The predicted molar refractivity (Wildman–Crippen MR) is 133 cm³/mol. The first-order chi connectivity index (χ1) is 17.9. The molecule has 3 atom stereocenters. The van der Waals surface area contributed by atoms with Crippen LogP contribution in [0.15, 0.2) is 48.7 Å². The molecule has 1 amide bonds. The Morgan fingerprint density at radius 1 is 1.24 bits per heavy atom. The highest BCUT2D eigenvalue weighted by Crippen LogP contribution is 2.37. The van der Waals surface area contributed by atoms with Crippen molar-refractivity contribution in [1.29, 1.82) is 0 Å². The number of carbonyl (C=O) groups is 1. The van der Waals surface area contributed by atoms with Crippen molar-refractivity contribution in [3.63, 3.8) is 0 Å². The Morgan fingerprint density at radius 3 is 2.76 bits per heavy atom. The Hall–Kier alpha value is -4.12. The van der Waals surface area contributed by atoms with Crippen molar-refractivity contribution in [3.8, 4) is 5.75 Å². The van der Waals surface area contributed by atoms with Crippen molar-refractivity contribution < 1.29 is 23.0 Å².